The number of halogens is 3. The molecule has 0 rings (SSSR count). The first-order chi connectivity index (χ1) is 4.88. The van der Waals surface area contributed by atoms with Crippen LogP contribution in [0.3, 0.4) is 0 Å². The number of hydrogen-bond donors (Lipinski definition) is 2. The molecule has 0 saturated carbocycles. The normalized spacial score (nSPS) is 18.0. The summed E-state index contributed by atoms with van der Waals surface area (Å²) in [6.07, 6.45) is -1.09. The highest BCUT2D eigenvalue weighted by Crippen LogP contribution is 2.32. The van der Waals surface area contributed by atoms with Crippen molar-refractivity contribution in [1.82, 2.24) is 0 Å². The third-order valence-corrected chi connectivity index (χ3v) is 2.10. The summed E-state index contributed by atoms with van der Waals surface area (Å²) in [5.74, 6) is 0. The summed E-state index contributed by atoms with van der Waals surface area (Å²) < 4.78 is -1.70. The Labute approximate surface area is 81.1 Å². The summed E-state index contributed by atoms with van der Waals surface area (Å²) in [6.45, 7) is 1.79. The second-order valence-corrected chi connectivity index (χ2v) is 4.72. The third-order valence-electron chi connectivity index (χ3n) is 1.34. The van der Waals surface area contributed by atoms with E-state index >= 15 is 0 Å². The number of alkyl halides is 3. The quantitative estimate of drug-likeness (QED) is 0.715. The van der Waals surface area contributed by atoms with E-state index in [4.69, 9.17) is 45.0 Å². The molecule has 2 nitrogen and oxygen atoms in total. The summed E-state index contributed by atoms with van der Waals surface area (Å²) in [7, 11) is 0. The first-order valence-electron chi connectivity index (χ1n) is 3.30. The van der Waals surface area contributed by atoms with E-state index in [9.17, 15) is 0 Å². The van der Waals surface area contributed by atoms with Crippen molar-refractivity contribution < 1.29 is 10.2 Å². The van der Waals surface area contributed by atoms with Crippen molar-refractivity contribution in [1.29, 1.82) is 0 Å². The molecular weight excluding hydrogens is 210 g/mol. The summed E-state index contributed by atoms with van der Waals surface area (Å²) in [5, 5.41) is 18.2. The lowest BCUT2D eigenvalue weighted by atomic mass is 10.1. The fourth-order valence-electron chi connectivity index (χ4n) is 0.558. The second-order valence-electron chi connectivity index (χ2n) is 2.36. The summed E-state index contributed by atoms with van der Waals surface area (Å²) in [6, 6.07) is 0. The van der Waals surface area contributed by atoms with Crippen molar-refractivity contribution in [2.45, 2.75) is 35.8 Å². The van der Waals surface area contributed by atoms with Gasteiger partial charge in [0.25, 0.3) is 0 Å². The highest BCUT2D eigenvalue weighted by Gasteiger charge is 2.31. The Morgan fingerprint density at radius 3 is 2.00 bits per heavy atom. The molecular formula is C6H11Cl3O2. The fourth-order valence-corrected chi connectivity index (χ4v) is 0.825. The standard InChI is InChI=1S/C6H11Cl3O2/c1-2-4(10)3-5(11)6(7,8)9/h4-5,10-11H,2-3H2,1H3/t4-,5+/m0/s1. The van der Waals surface area contributed by atoms with Crippen molar-refractivity contribution in [2.75, 3.05) is 0 Å². The molecule has 0 unspecified atom stereocenters. The molecule has 2 atom stereocenters. The number of rotatable bonds is 3. The first kappa shape index (κ1) is 11.8. The topological polar surface area (TPSA) is 40.5 Å². The molecule has 0 bridgehead atoms. The minimum atomic E-state index is -1.70. The molecule has 68 valence electrons. The Balaban J connectivity index is 3.77. The molecule has 0 aromatic carbocycles. The lowest BCUT2D eigenvalue weighted by molar-refractivity contribution is 0.0805. The van der Waals surface area contributed by atoms with Gasteiger partial charge in [0.2, 0.25) is 3.79 Å². The van der Waals surface area contributed by atoms with Crippen LogP contribution in [0.15, 0.2) is 0 Å². The average molecular weight is 222 g/mol. The molecule has 0 aromatic heterocycles. The molecule has 0 aliphatic carbocycles. The van der Waals surface area contributed by atoms with E-state index in [1.807, 2.05) is 0 Å². The van der Waals surface area contributed by atoms with Crippen LogP contribution in [0, 0.1) is 0 Å². The summed E-state index contributed by atoms with van der Waals surface area (Å²) >= 11 is 16.1. The molecule has 0 radical (unpaired) electrons. The summed E-state index contributed by atoms with van der Waals surface area (Å²) in [5.41, 5.74) is 0. The van der Waals surface area contributed by atoms with Crippen LogP contribution in [-0.4, -0.2) is 26.2 Å². The molecule has 0 heterocycles. The average Bonchev–Trinajstić information content (AvgIpc) is 1.85. The highest BCUT2D eigenvalue weighted by molar-refractivity contribution is 6.68. The van der Waals surface area contributed by atoms with Gasteiger partial charge in [0.05, 0.1) is 6.10 Å². The molecule has 0 spiro atoms. The Morgan fingerprint density at radius 2 is 1.73 bits per heavy atom. The predicted molar refractivity (Wildman–Crippen MR) is 47.2 cm³/mol. The van der Waals surface area contributed by atoms with Gasteiger partial charge in [-0.25, -0.2) is 0 Å². The zero-order chi connectivity index (χ0) is 9.07. The number of aliphatic hydroxyl groups is 2. The van der Waals surface area contributed by atoms with Gasteiger partial charge >= 0.3 is 0 Å². The van der Waals surface area contributed by atoms with Crippen LogP contribution < -0.4 is 0 Å². The van der Waals surface area contributed by atoms with Gasteiger partial charge in [-0.05, 0) is 6.42 Å². The molecule has 0 aliphatic heterocycles. The zero-order valence-corrected chi connectivity index (χ0v) is 8.37. The van der Waals surface area contributed by atoms with E-state index in [2.05, 4.69) is 0 Å². The molecule has 0 aromatic rings. The lowest BCUT2D eigenvalue weighted by Crippen LogP contribution is -2.29. The van der Waals surface area contributed by atoms with Crippen LogP contribution in [0.2, 0.25) is 0 Å². The molecule has 2 N–H and O–H groups in total. The molecule has 5 heteroatoms. The number of aliphatic hydroxyl groups excluding tert-OH is 2. The van der Waals surface area contributed by atoms with E-state index in [-0.39, 0.29) is 6.42 Å². The van der Waals surface area contributed by atoms with E-state index in [1.54, 1.807) is 6.92 Å². The van der Waals surface area contributed by atoms with Gasteiger partial charge in [-0.15, -0.1) is 0 Å². The maximum atomic E-state index is 9.13. The Kier molecular flexibility index (Phi) is 5.07. The van der Waals surface area contributed by atoms with Crippen molar-refractivity contribution in [2.24, 2.45) is 0 Å². The van der Waals surface area contributed by atoms with Gasteiger partial charge in [-0.3, -0.25) is 0 Å². The molecule has 0 saturated heterocycles. The Morgan fingerprint density at radius 1 is 1.27 bits per heavy atom. The fraction of sp³-hybridized carbons (Fsp3) is 1.00. The van der Waals surface area contributed by atoms with Crippen molar-refractivity contribution >= 4 is 34.8 Å². The van der Waals surface area contributed by atoms with Gasteiger partial charge < -0.3 is 10.2 Å². The highest BCUT2D eigenvalue weighted by atomic mass is 35.6. The van der Waals surface area contributed by atoms with Crippen LogP contribution in [0.25, 0.3) is 0 Å². The van der Waals surface area contributed by atoms with Gasteiger partial charge in [0, 0.05) is 6.42 Å². The Bertz CT molecular complexity index is 113. The van der Waals surface area contributed by atoms with Crippen LogP contribution in [0.5, 0.6) is 0 Å². The minimum absolute atomic E-state index is 0.0903. The maximum absolute atomic E-state index is 9.13. The van der Waals surface area contributed by atoms with Crippen LogP contribution in [0.1, 0.15) is 19.8 Å². The van der Waals surface area contributed by atoms with Crippen LogP contribution in [0.4, 0.5) is 0 Å². The SMILES string of the molecule is CC[C@H](O)C[C@@H](O)C(Cl)(Cl)Cl. The predicted octanol–water partition coefficient (Wildman–Crippen LogP) is 1.88. The van der Waals surface area contributed by atoms with E-state index in [0.29, 0.717) is 6.42 Å². The van der Waals surface area contributed by atoms with Gasteiger partial charge in [-0.2, -0.15) is 0 Å². The molecule has 0 amide bonds. The monoisotopic (exact) mass is 220 g/mol. The van der Waals surface area contributed by atoms with Gasteiger partial charge in [0.15, 0.2) is 0 Å². The largest absolute Gasteiger partial charge is 0.393 e. The van der Waals surface area contributed by atoms with Gasteiger partial charge in [-0.1, -0.05) is 41.7 Å². The van der Waals surface area contributed by atoms with E-state index < -0.39 is 16.0 Å². The van der Waals surface area contributed by atoms with E-state index in [1.165, 1.54) is 0 Å². The first-order valence-corrected chi connectivity index (χ1v) is 4.44. The maximum Gasteiger partial charge on any atom is 0.216 e. The zero-order valence-electron chi connectivity index (χ0n) is 6.10. The second kappa shape index (κ2) is 4.73. The molecule has 11 heavy (non-hydrogen) atoms. The van der Waals surface area contributed by atoms with Crippen molar-refractivity contribution in [3.63, 3.8) is 0 Å². The van der Waals surface area contributed by atoms with Crippen LogP contribution >= 0.6 is 34.8 Å². The minimum Gasteiger partial charge on any atom is -0.393 e. The smallest absolute Gasteiger partial charge is 0.216 e. The third kappa shape index (κ3) is 5.10. The van der Waals surface area contributed by atoms with Crippen LogP contribution in [-0.2, 0) is 0 Å². The lowest BCUT2D eigenvalue weighted by Gasteiger charge is -2.20. The number of hydrogen-bond acceptors (Lipinski definition) is 2. The molecule has 0 fully saturated rings. The van der Waals surface area contributed by atoms with E-state index in [0.717, 1.165) is 0 Å². The van der Waals surface area contributed by atoms with Crippen molar-refractivity contribution in [3.05, 3.63) is 0 Å². The summed E-state index contributed by atoms with van der Waals surface area (Å²) in [4.78, 5) is 0. The Hall–Kier alpha value is 0.790. The van der Waals surface area contributed by atoms with Gasteiger partial charge in [0.1, 0.15) is 6.10 Å². The van der Waals surface area contributed by atoms with Crippen molar-refractivity contribution in [3.8, 4) is 0 Å². The molecule has 0 aliphatic rings.